The topological polar surface area (TPSA) is 61.8 Å². The molecule has 2 aliphatic heterocycles. The van der Waals surface area contributed by atoms with Crippen LogP contribution in [0.1, 0.15) is 18.4 Å². The molecule has 0 radical (unpaired) electrons. The van der Waals surface area contributed by atoms with E-state index in [0.29, 0.717) is 19.7 Å². The van der Waals surface area contributed by atoms with Gasteiger partial charge in [-0.25, -0.2) is 4.79 Å². The van der Waals surface area contributed by atoms with Crippen LogP contribution < -0.4 is 5.32 Å². The maximum atomic E-state index is 12.2. The quantitative estimate of drug-likeness (QED) is 0.882. The van der Waals surface area contributed by atoms with Crippen LogP contribution in [0.4, 0.5) is 4.79 Å². The van der Waals surface area contributed by atoms with Crippen molar-refractivity contribution in [2.75, 3.05) is 26.2 Å². The Bertz CT molecular complexity index is 486. The van der Waals surface area contributed by atoms with Crippen molar-refractivity contribution < 1.29 is 14.6 Å². The summed E-state index contributed by atoms with van der Waals surface area (Å²) in [6.07, 6.45) is 1.83. The Morgan fingerprint density at radius 2 is 2.24 bits per heavy atom. The normalized spacial score (nSPS) is 28.2. The Hall–Kier alpha value is -1.59. The Morgan fingerprint density at radius 1 is 1.43 bits per heavy atom. The molecule has 2 saturated heterocycles. The zero-order valence-electron chi connectivity index (χ0n) is 12.1. The number of aliphatic hydroxyl groups is 1. The molecule has 0 aliphatic carbocycles. The molecule has 5 heteroatoms. The standard InChI is InChI=1S/C16H22N2O3/c19-10-14-9-18(12-16(14)7-4-8-17-16)15(20)21-11-13-5-2-1-3-6-13/h1-3,5-6,14,17,19H,4,7-12H2/t14-,16-/m1/s1. The minimum atomic E-state index is -0.289. The molecule has 2 N–H and O–H groups in total. The van der Waals surface area contributed by atoms with Gasteiger partial charge in [-0.3, -0.25) is 0 Å². The van der Waals surface area contributed by atoms with E-state index in [1.165, 1.54) is 0 Å². The van der Waals surface area contributed by atoms with Gasteiger partial charge in [0.25, 0.3) is 0 Å². The van der Waals surface area contributed by atoms with Crippen LogP contribution in [0.3, 0.4) is 0 Å². The van der Waals surface area contributed by atoms with Crippen LogP contribution >= 0.6 is 0 Å². The maximum Gasteiger partial charge on any atom is 0.410 e. The third-order valence-corrected chi connectivity index (χ3v) is 4.66. The largest absolute Gasteiger partial charge is 0.445 e. The summed E-state index contributed by atoms with van der Waals surface area (Å²) in [5, 5.41) is 13.1. The minimum absolute atomic E-state index is 0.101. The highest BCUT2D eigenvalue weighted by Gasteiger charge is 2.49. The van der Waals surface area contributed by atoms with Crippen LogP contribution in [0.15, 0.2) is 30.3 Å². The van der Waals surface area contributed by atoms with Crippen molar-refractivity contribution in [2.24, 2.45) is 5.92 Å². The van der Waals surface area contributed by atoms with Gasteiger partial charge in [0.15, 0.2) is 0 Å². The molecular formula is C16H22N2O3. The molecule has 5 nitrogen and oxygen atoms in total. The summed E-state index contributed by atoms with van der Waals surface area (Å²) in [6.45, 7) is 2.56. The van der Waals surface area contributed by atoms with Crippen LogP contribution in [-0.4, -0.2) is 47.9 Å². The van der Waals surface area contributed by atoms with Gasteiger partial charge in [-0.2, -0.15) is 0 Å². The lowest BCUT2D eigenvalue weighted by molar-refractivity contribution is 0.101. The van der Waals surface area contributed by atoms with Crippen molar-refractivity contribution in [2.45, 2.75) is 25.0 Å². The number of ether oxygens (including phenoxy) is 1. The van der Waals surface area contributed by atoms with E-state index < -0.39 is 0 Å². The van der Waals surface area contributed by atoms with Gasteiger partial charge in [-0.05, 0) is 24.9 Å². The maximum absolute atomic E-state index is 12.2. The number of carbonyl (C=O) groups excluding carboxylic acids is 1. The Balaban J connectivity index is 1.58. The molecule has 0 unspecified atom stereocenters. The van der Waals surface area contributed by atoms with Gasteiger partial charge in [0.2, 0.25) is 0 Å². The molecule has 1 amide bonds. The van der Waals surface area contributed by atoms with Crippen molar-refractivity contribution in [3.63, 3.8) is 0 Å². The van der Waals surface area contributed by atoms with Crippen molar-refractivity contribution in [3.8, 4) is 0 Å². The summed E-state index contributed by atoms with van der Waals surface area (Å²) in [6, 6.07) is 9.67. The fourth-order valence-corrected chi connectivity index (χ4v) is 3.47. The summed E-state index contributed by atoms with van der Waals surface area (Å²) in [7, 11) is 0. The first-order chi connectivity index (χ1) is 10.2. The predicted octanol–water partition coefficient (Wildman–Crippen LogP) is 1.37. The van der Waals surface area contributed by atoms with Gasteiger partial charge < -0.3 is 20.1 Å². The monoisotopic (exact) mass is 290 g/mol. The van der Waals surface area contributed by atoms with Gasteiger partial charge in [0, 0.05) is 31.2 Å². The zero-order chi connectivity index (χ0) is 14.7. The summed E-state index contributed by atoms with van der Waals surface area (Å²) in [5.41, 5.74) is 0.873. The van der Waals surface area contributed by atoms with Crippen LogP contribution in [-0.2, 0) is 11.3 Å². The molecule has 0 bridgehead atoms. The highest BCUT2D eigenvalue weighted by Crippen LogP contribution is 2.35. The number of rotatable bonds is 3. The molecular weight excluding hydrogens is 268 g/mol. The molecule has 3 rings (SSSR count). The lowest BCUT2D eigenvalue weighted by Crippen LogP contribution is -2.48. The van der Waals surface area contributed by atoms with E-state index in [1.807, 2.05) is 30.3 Å². The van der Waals surface area contributed by atoms with Gasteiger partial charge >= 0.3 is 6.09 Å². The number of benzene rings is 1. The molecule has 1 aromatic rings. The van der Waals surface area contributed by atoms with E-state index in [2.05, 4.69) is 5.32 Å². The fraction of sp³-hybridized carbons (Fsp3) is 0.562. The third-order valence-electron chi connectivity index (χ3n) is 4.66. The number of nitrogens with zero attached hydrogens (tertiary/aromatic N) is 1. The first-order valence-corrected chi connectivity index (χ1v) is 7.55. The number of hydrogen-bond acceptors (Lipinski definition) is 4. The summed E-state index contributed by atoms with van der Waals surface area (Å²) in [5.74, 6) is 0.101. The van der Waals surface area contributed by atoms with E-state index >= 15 is 0 Å². The number of aliphatic hydroxyl groups excluding tert-OH is 1. The Labute approximate surface area is 124 Å². The molecule has 2 atom stereocenters. The average molecular weight is 290 g/mol. The molecule has 1 spiro atoms. The zero-order valence-corrected chi connectivity index (χ0v) is 12.1. The van der Waals surface area contributed by atoms with Crippen molar-refractivity contribution in [3.05, 3.63) is 35.9 Å². The Morgan fingerprint density at radius 3 is 2.90 bits per heavy atom. The minimum Gasteiger partial charge on any atom is -0.445 e. The highest BCUT2D eigenvalue weighted by atomic mass is 16.6. The lowest BCUT2D eigenvalue weighted by atomic mass is 9.86. The summed E-state index contributed by atoms with van der Waals surface area (Å²) < 4.78 is 5.39. The van der Waals surface area contributed by atoms with Gasteiger partial charge in [0.1, 0.15) is 6.61 Å². The first kappa shape index (κ1) is 14.4. The first-order valence-electron chi connectivity index (χ1n) is 7.55. The van der Waals surface area contributed by atoms with Crippen molar-refractivity contribution in [1.82, 2.24) is 10.2 Å². The molecule has 2 aliphatic rings. The van der Waals surface area contributed by atoms with Crippen molar-refractivity contribution >= 4 is 6.09 Å². The number of carbonyl (C=O) groups is 1. The third kappa shape index (κ3) is 2.89. The summed E-state index contributed by atoms with van der Waals surface area (Å²) >= 11 is 0. The fourth-order valence-electron chi connectivity index (χ4n) is 3.47. The second-order valence-electron chi connectivity index (χ2n) is 5.99. The Kier molecular flexibility index (Phi) is 4.12. The predicted molar refractivity (Wildman–Crippen MR) is 78.7 cm³/mol. The second kappa shape index (κ2) is 6.03. The average Bonchev–Trinajstić information content (AvgIpc) is 3.14. The van der Waals surface area contributed by atoms with Crippen LogP contribution in [0, 0.1) is 5.92 Å². The van der Waals surface area contributed by atoms with E-state index in [9.17, 15) is 9.90 Å². The SMILES string of the molecule is O=C(OCc1ccccc1)N1C[C@H](CO)[C@@]2(CCCN2)C1. The number of nitrogens with one attached hydrogen (secondary N) is 1. The molecule has 114 valence electrons. The van der Waals surface area contributed by atoms with Gasteiger partial charge in [-0.1, -0.05) is 30.3 Å². The molecule has 0 saturated carbocycles. The summed E-state index contributed by atoms with van der Waals surface area (Å²) in [4.78, 5) is 13.9. The molecule has 21 heavy (non-hydrogen) atoms. The molecule has 0 aromatic heterocycles. The second-order valence-corrected chi connectivity index (χ2v) is 5.99. The van der Waals surface area contributed by atoms with Crippen LogP contribution in [0.25, 0.3) is 0 Å². The van der Waals surface area contributed by atoms with Crippen LogP contribution in [0.5, 0.6) is 0 Å². The lowest BCUT2D eigenvalue weighted by Gasteiger charge is -2.28. The van der Waals surface area contributed by atoms with E-state index in [-0.39, 0.29) is 24.2 Å². The van der Waals surface area contributed by atoms with E-state index in [1.54, 1.807) is 4.90 Å². The molecule has 2 fully saturated rings. The van der Waals surface area contributed by atoms with E-state index in [4.69, 9.17) is 4.74 Å². The number of amides is 1. The van der Waals surface area contributed by atoms with Crippen LogP contribution in [0.2, 0.25) is 0 Å². The van der Waals surface area contributed by atoms with Crippen molar-refractivity contribution in [1.29, 1.82) is 0 Å². The number of likely N-dealkylation sites (tertiary alicyclic amines) is 1. The molecule has 1 aromatic carbocycles. The highest BCUT2D eigenvalue weighted by molar-refractivity contribution is 5.68. The smallest absolute Gasteiger partial charge is 0.410 e. The molecule has 2 heterocycles. The van der Waals surface area contributed by atoms with Gasteiger partial charge in [0.05, 0.1) is 0 Å². The number of hydrogen-bond donors (Lipinski definition) is 2. The van der Waals surface area contributed by atoms with Gasteiger partial charge in [-0.15, -0.1) is 0 Å². The van der Waals surface area contributed by atoms with E-state index in [0.717, 1.165) is 24.9 Å².